The summed E-state index contributed by atoms with van der Waals surface area (Å²) in [5.41, 5.74) is 1.86. The lowest BCUT2D eigenvalue weighted by Crippen LogP contribution is -2.46. The number of ether oxygens (including phenoxy) is 2. The van der Waals surface area contributed by atoms with Crippen molar-refractivity contribution >= 4 is 17.4 Å². The Bertz CT molecular complexity index is 629. The zero-order chi connectivity index (χ0) is 19.9. The van der Waals surface area contributed by atoms with Gasteiger partial charge in [0, 0.05) is 19.6 Å². The Kier molecular flexibility index (Phi) is 7.57. The van der Waals surface area contributed by atoms with Crippen LogP contribution in [0.5, 0.6) is 0 Å². The quantitative estimate of drug-likeness (QED) is 0.722. The molecule has 2 fully saturated rings. The highest BCUT2D eigenvalue weighted by Gasteiger charge is 2.24. The van der Waals surface area contributed by atoms with Gasteiger partial charge in [0.1, 0.15) is 0 Å². The van der Waals surface area contributed by atoms with Gasteiger partial charge in [0.2, 0.25) is 0 Å². The Labute approximate surface area is 169 Å². The SMILES string of the molecule is CC1CN(c2ccccc2NC(=O)NCCOC2CCCCC2C)CC(C)O1. The van der Waals surface area contributed by atoms with Crippen molar-refractivity contribution in [2.75, 3.05) is 36.5 Å². The Balaban J connectivity index is 1.47. The molecule has 4 atom stereocenters. The second-order valence-electron chi connectivity index (χ2n) is 8.23. The molecule has 1 aliphatic carbocycles. The monoisotopic (exact) mass is 389 g/mol. The standard InChI is InChI=1S/C22H35N3O3/c1-16-8-4-7-11-21(16)27-13-12-23-22(26)24-19-9-5-6-10-20(19)25-14-17(2)28-18(3)15-25/h5-6,9-10,16-18,21H,4,7-8,11-15H2,1-3H3,(H2,23,24,26). The summed E-state index contributed by atoms with van der Waals surface area (Å²) in [5, 5.41) is 5.91. The number of urea groups is 1. The van der Waals surface area contributed by atoms with Crippen LogP contribution in [0.2, 0.25) is 0 Å². The third kappa shape index (κ3) is 5.85. The van der Waals surface area contributed by atoms with Gasteiger partial charge in [-0.15, -0.1) is 0 Å². The lowest BCUT2D eigenvalue weighted by molar-refractivity contribution is -0.00518. The number of carbonyl (C=O) groups is 1. The molecule has 1 aliphatic heterocycles. The average Bonchev–Trinajstić information content (AvgIpc) is 2.66. The molecule has 1 saturated heterocycles. The molecule has 2 amide bonds. The van der Waals surface area contributed by atoms with Gasteiger partial charge in [-0.25, -0.2) is 4.79 Å². The first kappa shape index (κ1) is 20.9. The molecule has 1 heterocycles. The number of anilines is 2. The van der Waals surface area contributed by atoms with Gasteiger partial charge in [-0.2, -0.15) is 0 Å². The maximum Gasteiger partial charge on any atom is 0.319 e. The third-order valence-corrected chi connectivity index (χ3v) is 5.66. The largest absolute Gasteiger partial charge is 0.376 e. The molecule has 3 rings (SSSR count). The van der Waals surface area contributed by atoms with Crippen molar-refractivity contribution in [2.45, 2.75) is 64.8 Å². The zero-order valence-electron chi connectivity index (χ0n) is 17.4. The van der Waals surface area contributed by atoms with Crippen LogP contribution in [0.3, 0.4) is 0 Å². The van der Waals surface area contributed by atoms with Crippen molar-refractivity contribution in [2.24, 2.45) is 5.92 Å². The first-order valence-electron chi connectivity index (χ1n) is 10.7. The molecule has 2 N–H and O–H groups in total. The number of amides is 2. The number of hydrogen-bond acceptors (Lipinski definition) is 4. The lowest BCUT2D eigenvalue weighted by Gasteiger charge is -2.37. The minimum absolute atomic E-state index is 0.171. The van der Waals surface area contributed by atoms with Gasteiger partial charge in [0.05, 0.1) is 36.3 Å². The van der Waals surface area contributed by atoms with E-state index in [1.54, 1.807) is 0 Å². The van der Waals surface area contributed by atoms with Crippen LogP contribution in [0, 0.1) is 5.92 Å². The van der Waals surface area contributed by atoms with E-state index >= 15 is 0 Å². The van der Waals surface area contributed by atoms with Crippen LogP contribution in [0.15, 0.2) is 24.3 Å². The number of morpholine rings is 1. The summed E-state index contributed by atoms with van der Waals surface area (Å²) in [6.45, 7) is 9.13. The molecule has 4 unspecified atom stereocenters. The molecule has 0 aromatic heterocycles. The summed E-state index contributed by atoms with van der Waals surface area (Å²) in [5.74, 6) is 0.618. The molecule has 1 aromatic carbocycles. The van der Waals surface area contributed by atoms with Crippen molar-refractivity contribution in [1.29, 1.82) is 0 Å². The third-order valence-electron chi connectivity index (χ3n) is 5.66. The number of nitrogens with zero attached hydrogens (tertiary/aromatic N) is 1. The van der Waals surface area contributed by atoms with Crippen molar-refractivity contribution in [3.8, 4) is 0 Å². The van der Waals surface area contributed by atoms with E-state index in [1.165, 1.54) is 19.3 Å². The number of nitrogens with one attached hydrogen (secondary N) is 2. The second kappa shape index (κ2) is 10.1. The molecule has 1 saturated carbocycles. The zero-order valence-corrected chi connectivity index (χ0v) is 17.4. The minimum Gasteiger partial charge on any atom is -0.376 e. The number of benzene rings is 1. The highest BCUT2D eigenvalue weighted by atomic mass is 16.5. The van der Waals surface area contributed by atoms with E-state index in [0.29, 0.717) is 25.2 Å². The molecule has 6 heteroatoms. The molecular weight excluding hydrogens is 354 g/mol. The maximum absolute atomic E-state index is 12.4. The van der Waals surface area contributed by atoms with Gasteiger partial charge in [-0.3, -0.25) is 0 Å². The second-order valence-corrected chi connectivity index (χ2v) is 8.23. The van der Waals surface area contributed by atoms with Crippen molar-refractivity contribution in [3.05, 3.63) is 24.3 Å². The fourth-order valence-electron chi connectivity index (χ4n) is 4.30. The average molecular weight is 390 g/mol. The van der Waals surface area contributed by atoms with Gasteiger partial charge >= 0.3 is 6.03 Å². The normalized spacial score (nSPS) is 28.0. The number of para-hydroxylation sites is 2. The smallest absolute Gasteiger partial charge is 0.319 e. The maximum atomic E-state index is 12.4. The van der Waals surface area contributed by atoms with Crippen LogP contribution >= 0.6 is 0 Å². The summed E-state index contributed by atoms with van der Waals surface area (Å²) < 4.78 is 11.8. The van der Waals surface area contributed by atoms with Gasteiger partial charge in [-0.1, -0.05) is 31.9 Å². The summed E-state index contributed by atoms with van der Waals surface area (Å²) >= 11 is 0. The van der Waals surface area contributed by atoms with E-state index in [-0.39, 0.29) is 18.2 Å². The van der Waals surface area contributed by atoms with Crippen LogP contribution in [0.25, 0.3) is 0 Å². The van der Waals surface area contributed by atoms with Crippen molar-refractivity contribution in [1.82, 2.24) is 5.32 Å². The first-order chi connectivity index (χ1) is 13.5. The lowest BCUT2D eigenvalue weighted by atomic mass is 9.88. The number of carbonyl (C=O) groups excluding carboxylic acids is 1. The first-order valence-corrected chi connectivity index (χ1v) is 10.7. The summed E-state index contributed by atoms with van der Waals surface area (Å²) in [7, 11) is 0. The van der Waals surface area contributed by atoms with E-state index in [0.717, 1.165) is 30.9 Å². The molecule has 28 heavy (non-hydrogen) atoms. The Morgan fingerprint density at radius 3 is 2.61 bits per heavy atom. The highest BCUT2D eigenvalue weighted by Crippen LogP contribution is 2.28. The van der Waals surface area contributed by atoms with E-state index in [2.05, 4.69) is 36.3 Å². The van der Waals surface area contributed by atoms with E-state index in [4.69, 9.17) is 9.47 Å². The van der Waals surface area contributed by atoms with Crippen molar-refractivity contribution in [3.63, 3.8) is 0 Å². The fraction of sp³-hybridized carbons (Fsp3) is 0.682. The minimum atomic E-state index is -0.193. The molecule has 156 valence electrons. The van der Waals surface area contributed by atoms with E-state index in [9.17, 15) is 4.79 Å². The van der Waals surface area contributed by atoms with Gasteiger partial charge in [-0.05, 0) is 44.7 Å². The van der Waals surface area contributed by atoms with Crippen LogP contribution in [0.4, 0.5) is 16.2 Å². The van der Waals surface area contributed by atoms with E-state index in [1.807, 2.05) is 24.3 Å². The molecule has 0 bridgehead atoms. The van der Waals surface area contributed by atoms with E-state index < -0.39 is 0 Å². The van der Waals surface area contributed by atoms with Gasteiger partial charge in [0.15, 0.2) is 0 Å². The van der Waals surface area contributed by atoms with Crippen LogP contribution in [-0.2, 0) is 9.47 Å². The molecular formula is C22H35N3O3. The fourth-order valence-corrected chi connectivity index (χ4v) is 4.30. The topological polar surface area (TPSA) is 62.8 Å². The molecule has 2 aliphatic rings. The summed E-state index contributed by atoms with van der Waals surface area (Å²) in [6, 6.07) is 7.75. The van der Waals surface area contributed by atoms with Crippen LogP contribution in [-0.4, -0.2) is 50.6 Å². The van der Waals surface area contributed by atoms with Crippen LogP contribution in [0.1, 0.15) is 46.5 Å². The van der Waals surface area contributed by atoms with Crippen LogP contribution < -0.4 is 15.5 Å². The number of hydrogen-bond donors (Lipinski definition) is 2. The molecule has 6 nitrogen and oxygen atoms in total. The Morgan fingerprint density at radius 1 is 1.14 bits per heavy atom. The molecule has 0 radical (unpaired) electrons. The highest BCUT2D eigenvalue weighted by molar-refractivity contribution is 5.93. The van der Waals surface area contributed by atoms with Crippen molar-refractivity contribution < 1.29 is 14.3 Å². The predicted octanol–water partition coefficient (Wildman–Crippen LogP) is 4.02. The predicted molar refractivity (Wildman–Crippen MR) is 113 cm³/mol. The molecule has 1 aromatic rings. The number of rotatable bonds is 6. The summed E-state index contributed by atoms with van der Waals surface area (Å²) in [4.78, 5) is 14.7. The Hall–Kier alpha value is -1.79. The molecule has 0 spiro atoms. The van der Waals surface area contributed by atoms with Gasteiger partial charge in [0.25, 0.3) is 0 Å². The van der Waals surface area contributed by atoms with Gasteiger partial charge < -0.3 is 25.0 Å². The summed E-state index contributed by atoms with van der Waals surface area (Å²) in [6.07, 6.45) is 5.62. The Morgan fingerprint density at radius 2 is 1.86 bits per heavy atom.